The third-order valence-corrected chi connectivity index (χ3v) is 4.69. The number of amides is 1. The fraction of sp³-hybridized carbons (Fsp3) is 0.375. The van der Waals surface area contributed by atoms with Crippen molar-refractivity contribution >= 4 is 29.2 Å². The van der Waals surface area contributed by atoms with Gasteiger partial charge in [-0.25, -0.2) is 0 Å². The van der Waals surface area contributed by atoms with Gasteiger partial charge in [0.05, 0.1) is 17.9 Å². The Labute approximate surface area is 128 Å². The molecule has 1 fully saturated rings. The molecule has 4 atom stereocenters. The summed E-state index contributed by atoms with van der Waals surface area (Å²) >= 11 is 6.01. The summed E-state index contributed by atoms with van der Waals surface area (Å²) in [5.41, 5.74) is 1.59. The van der Waals surface area contributed by atoms with Gasteiger partial charge in [0, 0.05) is 10.7 Å². The van der Waals surface area contributed by atoms with Gasteiger partial charge in [-0.2, -0.15) is 0 Å². The van der Waals surface area contributed by atoms with Crippen LogP contribution in [-0.2, 0) is 9.59 Å². The molecule has 1 aliphatic heterocycles. The number of aliphatic carboxylic acids is 1. The second kappa shape index (κ2) is 4.88. The van der Waals surface area contributed by atoms with E-state index in [1.165, 1.54) is 0 Å². The van der Waals surface area contributed by atoms with E-state index in [1.54, 1.807) is 29.2 Å². The van der Waals surface area contributed by atoms with Gasteiger partial charge in [0.2, 0.25) is 5.91 Å². The van der Waals surface area contributed by atoms with Crippen LogP contribution in [0.1, 0.15) is 13.8 Å². The van der Waals surface area contributed by atoms with Gasteiger partial charge in [0.1, 0.15) is 0 Å². The fourth-order valence-electron chi connectivity index (χ4n) is 3.67. The molecule has 1 aromatic carbocycles. The molecule has 4 nitrogen and oxygen atoms in total. The predicted octanol–water partition coefficient (Wildman–Crippen LogP) is 2.97. The zero-order valence-electron chi connectivity index (χ0n) is 11.8. The number of carboxylic acid groups (broad SMARTS) is 1. The van der Waals surface area contributed by atoms with Crippen molar-refractivity contribution in [3.63, 3.8) is 0 Å². The fourth-order valence-corrected chi connectivity index (χ4v) is 3.85. The Morgan fingerprint density at radius 1 is 1.38 bits per heavy atom. The largest absolute Gasteiger partial charge is 0.481 e. The highest BCUT2D eigenvalue weighted by Gasteiger charge is 2.56. The molecule has 1 aromatic rings. The maximum atomic E-state index is 12.8. The zero-order valence-corrected chi connectivity index (χ0v) is 12.5. The van der Waals surface area contributed by atoms with Crippen LogP contribution >= 0.6 is 11.6 Å². The number of hydrogen-bond donors (Lipinski definition) is 1. The SMILES string of the molecule is CC1=CC(C)C2C(=O)N(c3cccc(Cl)c3)C1C2C(=O)O. The third-order valence-electron chi connectivity index (χ3n) is 4.46. The van der Waals surface area contributed by atoms with Crippen molar-refractivity contribution in [2.45, 2.75) is 19.9 Å². The third kappa shape index (κ3) is 2.05. The van der Waals surface area contributed by atoms with E-state index in [1.807, 2.05) is 19.9 Å². The molecular weight excluding hydrogens is 290 g/mol. The Hall–Kier alpha value is -1.81. The lowest BCUT2D eigenvalue weighted by molar-refractivity contribution is -0.145. The first-order valence-electron chi connectivity index (χ1n) is 6.91. The van der Waals surface area contributed by atoms with Crippen LogP contribution in [0.4, 0.5) is 5.69 Å². The van der Waals surface area contributed by atoms with Crippen LogP contribution in [0.2, 0.25) is 5.02 Å². The minimum absolute atomic E-state index is 0.0703. The Bertz CT molecular complexity index is 655. The van der Waals surface area contributed by atoms with E-state index in [9.17, 15) is 14.7 Å². The quantitative estimate of drug-likeness (QED) is 0.855. The maximum Gasteiger partial charge on any atom is 0.309 e. The van der Waals surface area contributed by atoms with Crippen LogP contribution < -0.4 is 4.90 Å². The van der Waals surface area contributed by atoms with Crippen LogP contribution in [0.5, 0.6) is 0 Å². The monoisotopic (exact) mass is 305 g/mol. The smallest absolute Gasteiger partial charge is 0.309 e. The first-order valence-corrected chi connectivity index (χ1v) is 7.29. The van der Waals surface area contributed by atoms with Crippen LogP contribution in [0, 0.1) is 17.8 Å². The van der Waals surface area contributed by atoms with Gasteiger partial charge in [-0.3, -0.25) is 9.59 Å². The highest BCUT2D eigenvalue weighted by atomic mass is 35.5. The number of rotatable bonds is 2. The summed E-state index contributed by atoms with van der Waals surface area (Å²) in [6.07, 6.45) is 2.01. The molecule has 0 radical (unpaired) electrons. The minimum Gasteiger partial charge on any atom is -0.481 e. The second-order valence-corrected chi connectivity index (χ2v) is 6.23. The molecule has 2 bridgehead atoms. The van der Waals surface area contributed by atoms with Crippen molar-refractivity contribution in [3.05, 3.63) is 40.9 Å². The second-order valence-electron chi connectivity index (χ2n) is 5.79. The molecule has 4 unspecified atom stereocenters. The summed E-state index contributed by atoms with van der Waals surface area (Å²) in [5, 5.41) is 10.1. The van der Waals surface area contributed by atoms with Gasteiger partial charge >= 0.3 is 5.97 Å². The van der Waals surface area contributed by atoms with E-state index in [-0.39, 0.29) is 11.8 Å². The van der Waals surface area contributed by atoms with Crippen molar-refractivity contribution in [3.8, 4) is 0 Å². The average molecular weight is 306 g/mol. The summed E-state index contributed by atoms with van der Waals surface area (Å²) in [6.45, 7) is 3.79. The molecule has 3 rings (SSSR count). The Kier molecular flexibility index (Phi) is 3.29. The van der Waals surface area contributed by atoms with E-state index in [0.29, 0.717) is 10.7 Å². The molecule has 1 saturated heterocycles. The molecule has 0 aromatic heterocycles. The number of anilines is 1. The van der Waals surface area contributed by atoms with Crippen molar-refractivity contribution in [2.24, 2.45) is 17.8 Å². The van der Waals surface area contributed by atoms with Gasteiger partial charge in [-0.05, 0) is 31.0 Å². The van der Waals surface area contributed by atoms with Gasteiger partial charge in [0.15, 0.2) is 0 Å². The normalized spacial score (nSPS) is 31.3. The summed E-state index contributed by atoms with van der Waals surface area (Å²) in [6, 6.07) is 6.58. The van der Waals surface area contributed by atoms with Crippen LogP contribution in [0.3, 0.4) is 0 Å². The predicted molar refractivity (Wildman–Crippen MR) is 80.3 cm³/mol. The highest BCUT2D eigenvalue weighted by molar-refractivity contribution is 6.31. The number of fused-ring (bicyclic) bond motifs is 2. The summed E-state index contributed by atoms with van der Waals surface area (Å²) in [4.78, 5) is 26.0. The van der Waals surface area contributed by atoms with E-state index in [4.69, 9.17) is 11.6 Å². The topological polar surface area (TPSA) is 57.6 Å². The van der Waals surface area contributed by atoms with Gasteiger partial charge in [-0.15, -0.1) is 0 Å². The summed E-state index contributed by atoms with van der Waals surface area (Å²) < 4.78 is 0. The number of carbonyl (C=O) groups is 2. The number of nitrogens with zero attached hydrogens (tertiary/aromatic N) is 1. The van der Waals surface area contributed by atoms with Crippen molar-refractivity contribution in [1.82, 2.24) is 0 Å². The molecule has 0 spiro atoms. The Morgan fingerprint density at radius 3 is 2.71 bits per heavy atom. The molecule has 0 saturated carbocycles. The van der Waals surface area contributed by atoms with Crippen molar-refractivity contribution < 1.29 is 14.7 Å². The highest BCUT2D eigenvalue weighted by Crippen LogP contribution is 2.46. The van der Waals surface area contributed by atoms with Gasteiger partial charge in [-0.1, -0.05) is 36.2 Å². The van der Waals surface area contributed by atoms with E-state index in [2.05, 4.69) is 0 Å². The molecule has 110 valence electrons. The lowest BCUT2D eigenvalue weighted by Crippen LogP contribution is -2.39. The standard InChI is InChI=1S/C16H16ClNO3/c1-8-6-9(2)14-13(16(20)21)12(8)15(19)18(14)11-5-3-4-10(17)7-11/h3-8,12-14H,1-2H3,(H,20,21). The number of carbonyl (C=O) groups excluding carboxylic acids is 1. The lowest BCUT2D eigenvalue weighted by Gasteiger charge is -2.30. The van der Waals surface area contributed by atoms with E-state index < -0.39 is 23.8 Å². The van der Waals surface area contributed by atoms with E-state index >= 15 is 0 Å². The summed E-state index contributed by atoms with van der Waals surface area (Å²) in [5.74, 6) is -2.32. The van der Waals surface area contributed by atoms with Gasteiger partial charge < -0.3 is 10.0 Å². The molecule has 1 aliphatic carbocycles. The molecule has 5 heteroatoms. The van der Waals surface area contributed by atoms with Crippen LogP contribution in [0.15, 0.2) is 35.9 Å². The number of hydrogen-bond acceptors (Lipinski definition) is 2. The zero-order chi connectivity index (χ0) is 15.3. The van der Waals surface area contributed by atoms with Crippen LogP contribution in [0.25, 0.3) is 0 Å². The van der Waals surface area contributed by atoms with Crippen molar-refractivity contribution in [2.75, 3.05) is 4.90 Å². The molecule has 21 heavy (non-hydrogen) atoms. The summed E-state index contributed by atoms with van der Waals surface area (Å²) in [7, 11) is 0. The molecule has 1 amide bonds. The Morgan fingerprint density at radius 2 is 2.10 bits per heavy atom. The van der Waals surface area contributed by atoms with Crippen molar-refractivity contribution in [1.29, 1.82) is 0 Å². The molecule has 2 aliphatic rings. The molecule has 1 N–H and O–H groups in total. The van der Waals surface area contributed by atoms with E-state index in [0.717, 1.165) is 5.57 Å². The first-order chi connectivity index (χ1) is 9.91. The maximum absolute atomic E-state index is 12.8. The molecular formula is C16H16ClNO3. The number of carboxylic acids is 1. The lowest BCUT2D eigenvalue weighted by atomic mass is 9.74. The number of allylic oxidation sites excluding steroid dienone is 1. The average Bonchev–Trinajstić information content (AvgIpc) is 2.67. The van der Waals surface area contributed by atoms with Gasteiger partial charge in [0.25, 0.3) is 0 Å². The number of benzene rings is 1. The molecule has 1 heterocycles. The minimum atomic E-state index is -0.915. The van der Waals surface area contributed by atoms with Crippen LogP contribution in [-0.4, -0.2) is 23.0 Å². The first kappa shape index (κ1) is 14.1. The Balaban J connectivity index is 2.13. The number of halogens is 1.